The zero-order chi connectivity index (χ0) is 15.1. The van der Waals surface area contributed by atoms with Gasteiger partial charge in [-0.2, -0.15) is 0 Å². The Morgan fingerprint density at radius 1 is 0.952 bits per heavy atom. The summed E-state index contributed by atoms with van der Waals surface area (Å²) in [6, 6.07) is 13.6. The summed E-state index contributed by atoms with van der Waals surface area (Å²) < 4.78 is 0. The van der Waals surface area contributed by atoms with Gasteiger partial charge >= 0.3 is 0 Å². The standard InChI is InChI=1S/C20H28S/c1-4-6-7-17(5-2)9-10-18-11-13-19(14-12-18)20-15-8-16(3)21-20/h8,11-15,17H,4-7,9-10H2,1-3H3. The van der Waals surface area contributed by atoms with E-state index in [1.807, 2.05) is 11.3 Å². The first-order chi connectivity index (χ1) is 10.2. The molecule has 1 aromatic carbocycles. The molecule has 0 radical (unpaired) electrons. The van der Waals surface area contributed by atoms with E-state index < -0.39 is 0 Å². The van der Waals surface area contributed by atoms with Crippen molar-refractivity contribution in [2.24, 2.45) is 5.92 Å². The molecule has 0 aliphatic heterocycles. The fourth-order valence-corrected chi connectivity index (χ4v) is 3.71. The van der Waals surface area contributed by atoms with Crippen molar-refractivity contribution in [2.75, 3.05) is 0 Å². The van der Waals surface area contributed by atoms with E-state index in [-0.39, 0.29) is 0 Å². The van der Waals surface area contributed by atoms with Gasteiger partial charge in [0.25, 0.3) is 0 Å². The van der Waals surface area contributed by atoms with Gasteiger partial charge in [-0.25, -0.2) is 0 Å². The summed E-state index contributed by atoms with van der Waals surface area (Å²) in [6.07, 6.45) is 8.01. The number of rotatable bonds is 8. The highest BCUT2D eigenvalue weighted by Crippen LogP contribution is 2.28. The van der Waals surface area contributed by atoms with Crippen LogP contribution in [0.5, 0.6) is 0 Å². The van der Waals surface area contributed by atoms with E-state index in [9.17, 15) is 0 Å². The van der Waals surface area contributed by atoms with Crippen molar-refractivity contribution in [3.63, 3.8) is 0 Å². The summed E-state index contributed by atoms with van der Waals surface area (Å²) in [5.41, 5.74) is 2.84. The molecule has 0 aliphatic carbocycles. The molecule has 2 rings (SSSR count). The van der Waals surface area contributed by atoms with Crippen LogP contribution in [0.1, 0.15) is 56.4 Å². The molecule has 0 fully saturated rings. The fourth-order valence-electron chi connectivity index (χ4n) is 2.84. The highest BCUT2D eigenvalue weighted by Gasteiger charge is 2.06. The van der Waals surface area contributed by atoms with E-state index in [1.54, 1.807) is 0 Å². The zero-order valence-electron chi connectivity index (χ0n) is 13.7. The van der Waals surface area contributed by atoms with Gasteiger partial charge in [-0.15, -0.1) is 11.3 Å². The normalized spacial score (nSPS) is 12.5. The van der Waals surface area contributed by atoms with Gasteiger partial charge in [0.1, 0.15) is 0 Å². The number of aryl methyl sites for hydroxylation is 2. The molecule has 0 nitrogen and oxygen atoms in total. The maximum absolute atomic E-state index is 2.34. The van der Waals surface area contributed by atoms with E-state index in [2.05, 4.69) is 57.2 Å². The minimum Gasteiger partial charge on any atom is -0.141 e. The van der Waals surface area contributed by atoms with Gasteiger partial charge < -0.3 is 0 Å². The Bertz CT molecular complexity index is 521. The van der Waals surface area contributed by atoms with E-state index in [0.717, 1.165) is 5.92 Å². The molecule has 0 N–H and O–H groups in total. The topological polar surface area (TPSA) is 0 Å². The maximum atomic E-state index is 2.34. The van der Waals surface area contributed by atoms with Crippen molar-refractivity contribution in [3.8, 4) is 10.4 Å². The summed E-state index contributed by atoms with van der Waals surface area (Å²) >= 11 is 1.88. The molecule has 1 atom stereocenters. The van der Waals surface area contributed by atoms with Crippen LogP contribution in [0, 0.1) is 12.8 Å². The van der Waals surface area contributed by atoms with Gasteiger partial charge in [-0.05, 0) is 48.9 Å². The predicted octanol–water partition coefficient (Wildman–Crippen LogP) is 6.87. The molecule has 0 bridgehead atoms. The van der Waals surface area contributed by atoms with Gasteiger partial charge in [0.2, 0.25) is 0 Å². The minimum atomic E-state index is 0.907. The molecule has 0 saturated carbocycles. The zero-order valence-corrected chi connectivity index (χ0v) is 14.5. The van der Waals surface area contributed by atoms with Crippen LogP contribution in [0.2, 0.25) is 0 Å². The third-order valence-electron chi connectivity index (χ3n) is 4.36. The molecule has 0 spiro atoms. The molecular weight excluding hydrogens is 272 g/mol. The highest BCUT2D eigenvalue weighted by molar-refractivity contribution is 7.15. The summed E-state index contributed by atoms with van der Waals surface area (Å²) in [7, 11) is 0. The molecule has 114 valence electrons. The predicted molar refractivity (Wildman–Crippen MR) is 96.1 cm³/mol. The van der Waals surface area contributed by atoms with Crippen molar-refractivity contribution in [1.82, 2.24) is 0 Å². The van der Waals surface area contributed by atoms with Crippen molar-refractivity contribution in [2.45, 2.75) is 59.3 Å². The van der Waals surface area contributed by atoms with Crippen molar-refractivity contribution in [1.29, 1.82) is 0 Å². The van der Waals surface area contributed by atoms with Crippen LogP contribution in [0.15, 0.2) is 36.4 Å². The molecule has 1 aromatic heterocycles. The summed E-state index contributed by atoms with van der Waals surface area (Å²) in [6.45, 7) is 6.80. The highest BCUT2D eigenvalue weighted by atomic mass is 32.1. The van der Waals surface area contributed by atoms with Crippen LogP contribution < -0.4 is 0 Å². The quantitative estimate of drug-likeness (QED) is 0.499. The van der Waals surface area contributed by atoms with Crippen LogP contribution >= 0.6 is 11.3 Å². The third-order valence-corrected chi connectivity index (χ3v) is 5.41. The number of hydrogen-bond donors (Lipinski definition) is 0. The second kappa shape index (κ2) is 8.38. The van der Waals surface area contributed by atoms with Crippen molar-refractivity contribution in [3.05, 3.63) is 46.8 Å². The molecule has 2 aromatic rings. The Morgan fingerprint density at radius 2 is 1.71 bits per heavy atom. The number of hydrogen-bond acceptors (Lipinski definition) is 1. The van der Waals surface area contributed by atoms with Gasteiger partial charge in [-0.1, -0.05) is 63.8 Å². The van der Waals surface area contributed by atoms with Gasteiger partial charge in [0.05, 0.1) is 0 Å². The van der Waals surface area contributed by atoms with E-state index in [1.165, 1.54) is 59.4 Å². The lowest BCUT2D eigenvalue weighted by atomic mass is 9.92. The first-order valence-corrected chi connectivity index (χ1v) is 9.20. The first-order valence-electron chi connectivity index (χ1n) is 8.38. The minimum absolute atomic E-state index is 0.907. The van der Waals surface area contributed by atoms with E-state index in [0.29, 0.717) is 0 Å². The Kier molecular flexibility index (Phi) is 6.50. The van der Waals surface area contributed by atoms with Gasteiger partial charge in [-0.3, -0.25) is 0 Å². The lowest BCUT2D eigenvalue weighted by Crippen LogP contribution is -2.01. The molecule has 0 saturated heterocycles. The molecule has 1 heterocycles. The number of thiophene rings is 1. The third kappa shape index (κ3) is 5.00. The average Bonchev–Trinajstić information content (AvgIpc) is 2.94. The average molecular weight is 301 g/mol. The Labute approximate surface area is 134 Å². The second-order valence-electron chi connectivity index (χ2n) is 6.06. The Balaban J connectivity index is 1.90. The molecular formula is C20H28S. The maximum Gasteiger partial charge on any atom is 0.0345 e. The van der Waals surface area contributed by atoms with Crippen LogP contribution in [-0.2, 0) is 6.42 Å². The second-order valence-corrected chi connectivity index (χ2v) is 7.35. The number of benzene rings is 1. The fraction of sp³-hybridized carbons (Fsp3) is 0.500. The van der Waals surface area contributed by atoms with E-state index in [4.69, 9.17) is 0 Å². The first kappa shape index (κ1) is 16.3. The van der Waals surface area contributed by atoms with Crippen molar-refractivity contribution >= 4 is 11.3 Å². The van der Waals surface area contributed by atoms with Crippen molar-refractivity contribution < 1.29 is 0 Å². The lowest BCUT2D eigenvalue weighted by Gasteiger charge is -2.14. The van der Waals surface area contributed by atoms with Gasteiger partial charge in [0, 0.05) is 9.75 Å². The molecule has 0 aliphatic rings. The Morgan fingerprint density at radius 3 is 2.29 bits per heavy atom. The van der Waals surface area contributed by atoms with Crippen LogP contribution in [-0.4, -0.2) is 0 Å². The molecule has 21 heavy (non-hydrogen) atoms. The molecule has 1 unspecified atom stereocenters. The van der Waals surface area contributed by atoms with Crippen LogP contribution in [0.25, 0.3) is 10.4 Å². The van der Waals surface area contributed by atoms with Crippen LogP contribution in [0.4, 0.5) is 0 Å². The SMILES string of the molecule is CCCCC(CC)CCc1ccc(-c2ccc(C)s2)cc1. The number of unbranched alkanes of at least 4 members (excludes halogenated alkanes) is 1. The summed E-state index contributed by atoms with van der Waals surface area (Å²) in [5, 5.41) is 0. The van der Waals surface area contributed by atoms with Gasteiger partial charge in [0.15, 0.2) is 0 Å². The van der Waals surface area contributed by atoms with Crippen LogP contribution in [0.3, 0.4) is 0 Å². The van der Waals surface area contributed by atoms with E-state index >= 15 is 0 Å². The lowest BCUT2D eigenvalue weighted by molar-refractivity contribution is 0.422. The monoisotopic (exact) mass is 300 g/mol. The summed E-state index contributed by atoms with van der Waals surface area (Å²) in [4.78, 5) is 2.77. The Hall–Kier alpha value is -1.08. The summed E-state index contributed by atoms with van der Waals surface area (Å²) in [5.74, 6) is 0.907. The molecule has 0 amide bonds. The molecule has 1 heteroatoms. The smallest absolute Gasteiger partial charge is 0.0345 e. The largest absolute Gasteiger partial charge is 0.141 e.